The van der Waals surface area contributed by atoms with Crippen molar-refractivity contribution in [3.8, 4) is 6.07 Å². The number of amides is 2. The van der Waals surface area contributed by atoms with Crippen LogP contribution in [0.2, 0.25) is 0 Å². The molecule has 2 amide bonds. The van der Waals surface area contributed by atoms with Gasteiger partial charge in [0.15, 0.2) is 0 Å². The van der Waals surface area contributed by atoms with Crippen molar-refractivity contribution < 1.29 is 19.5 Å². The molecule has 116 valence electrons. The molecule has 1 aromatic rings. The fraction of sp³-hybridized carbons (Fsp3) is 0.400. The molecule has 0 aliphatic carbocycles. The highest BCUT2D eigenvalue weighted by Crippen LogP contribution is 2.27. The van der Waals surface area contributed by atoms with Crippen molar-refractivity contribution in [1.82, 2.24) is 5.32 Å². The predicted molar refractivity (Wildman–Crippen MR) is 77.3 cm³/mol. The lowest BCUT2D eigenvalue weighted by atomic mass is 9.97. The standard InChI is InChI=1S/C15H17N3O4/c1-15(2,3)22-14(20)17-11-7-10-5-4-9(8-16)6-12(10)18(21)13(11)19/h4-6,11,21H,7H2,1-3H3,(H,17,20)/t11-/m0/s1. The fourth-order valence-electron chi connectivity index (χ4n) is 2.14. The van der Waals surface area contributed by atoms with Crippen molar-refractivity contribution in [3.63, 3.8) is 0 Å². The molecule has 2 N–H and O–H groups in total. The molecule has 0 aromatic heterocycles. The van der Waals surface area contributed by atoms with E-state index in [1.165, 1.54) is 6.07 Å². The molecule has 0 bridgehead atoms. The summed E-state index contributed by atoms with van der Waals surface area (Å²) in [6, 6.07) is 5.69. The maximum atomic E-state index is 12.1. The Morgan fingerprint density at radius 3 is 2.77 bits per heavy atom. The number of benzene rings is 1. The Labute approximate surface area is 128 Å². The molecule has 1 aromatic carbocycles. The van der Waals surface area contributed by atoms with E-state index in [4.69, 9.17) is 10.00 Å². The molecule has 1 aliphatic heterocycles. The van der Waals surface area contributed by atoms with Gasteiger partial charge in [-0.1, -0.05) is 6.07 Å². The van der Waals surface area contributed by atoms with Gasteiger partial charge in [0.1, 0.15) is 11.6 Å². The van der Waals surface area contributed by atoms with Crippen molar-refractivity contribution in [2.45, 2.75) is 38.8 Å². The number of hydroxylamine groups is 1. The lowest BCUT2D eigenvalue weighted by molar-refractivity contribution is -0.126. The molecule has 0 spiro atoms. The van der Waals surface area contributed by atoms with Crippen LogP contribution in [0.1, 0.15) is 31.9 Å². The Morgan fingerprint density at radius 2 is 2.18 bits per heavy atom. The van der Waals surface area contributed by atoms with Crippen molar-refractivity contribution in [2.75, 3.05) is 5.06 Å². The van der Waals surface area contributed by atoms with Crippen molar-refractivity contribution in [3.05, 3.63) is 29.3 Å². The second kappa shape index (κ2) is 5.66. The first-order valence-corrected chi connectivity index (χ1v) is 6.76. The summed E-state index contributed by atoms with van der Waals surface area (Å²) in [5.74, 6) is -0.673. The highest BCUT2D eigenvalue weighted by atomic mass is 16.6. The third-order valence-corrected chi connectivity index (χ3v) is 3.06. The molecule has 0 unspecified atom stereocenters. The third-order valence-electron chi connectivity index (χ3n) is 3.06. The number of nitrogens with zero attached hydrogens (tertiary/aromatic N) is 2. The monoisotopic (exact) mass is 303 g/mol. The Bertz CT molecular complexity index is 658. The summed E-state index contributed by atoms with van der Waals surface area (Å²) in [5, 5.41) is 21.7. The summed E-state index contributed by atoms with van der Waals surface area (Å²) in [7, 11) is 0. The normalized spacial score (nSPS) is 17.5. The van der Waals surface area contributed by atoms with E-state index in [0.717, 1.165) is 0 Å². The van der Waals surface area contributed by atoms with Crippen LogP contribution in [0.25, 0.3) is 0 Å². The molecule has 1 atom stereocenters. The van der Waals surface area contributed by atoms with Gasteiger partial charge >= 0.3 is 6.09 Å². The molecule has 0 radical (unpaired) electrons. The van der Waals surface area contributed by atoms with Crippen LogP contribution in [-0.2, 0) is 16.0 Å². The Kier molecular flexibility index (Phi) is 4.06. The van der Waals surface area contributed by atoms with E-state index < -0.39 is 23.6 Å². The zero-order valence-corrected chi connectivity index (χ0v) is 12.6. The molecule has 0 fully saturated rings. The highest BCUT2D eigenvalue weighted by molar-refractivity contribution is 5.99. The quantitative estimate of drug-likeness (QED) is 0.769. The number of fused-ring (bicyclic) bond motifs is 1. The zero-order valence-electron chi connectivity index (χ0n) is 12.6. The van der Waals surface area contributed by atoms with Crippen LogP contribution in [0.3, 0.4) is 0 Å². The molecule has 22 heavy (non-hydrogen) atoms. The number of carbonyl (C=O) groups is 2. The van der Waals surface area contributed by atoms with Gasteiger partial charge in [-0.25, -0.2) is 4.79 Å². The topological polar surface area (TPSA) is 103 Å². The second-order valence-electron chi connectivity index (χ2n) is 6.01. The molecular weight excluding hydrogens is 286 g/mol. The first-order valence-electron chi connectivity index (χ1n) is 6.76. The zero-order chi connectivity index (χ0) is 16.5. The van der Waals surface area contributed by atoms with Gasteiger partial charge in [-0.15, -0.1) is 0 Å². The molecule has 7 heteroatoms. The van der Waals surface area contributed by atoms with Crippen LogP contribution >= 0.6 is 0 Å². The molecule has 7 nitrogen and oxygen atoms in total. The first-order chi connectivity index (χ1) is 10.2. The largest absolute Gasteiger partial charge is 0.444 e. The molecular formula is C15H17N3O4. The van der Waals surface area contributed by atoms with Gasteiger partial charge in [-0.2, -0.15) is 10.3 Å². The number of rotatable bonds is 1. The van der Waals surface area contributed by atoms with Crippen LogP contribution < -0.4 is 10.4 Å². The second-order valence-corrected chi connectivity index (χ2v) is 6.01. The third kappa shape index (κ3) is 3.35. The number of hydrogen-bond acceptors (Lipinski definition) is 5. The fourth-order valence-corrected chi connectivity index (χ4v) is 2.14. The van der Waals surface area contributed by atoms with Crippen molar-refractivity contribution in [1.29, 1.82) is 5.26 Å². The van der Waals surface area contributed by atoms with Crippen LogP contribution in [0, 0.1) is 11.3 Å². The lowest BCUT2D eigenvalue weighted by Gasteiger charge is -2.30. The summed E-state index contributed by atoms with van der Waals surface area (Å²) in [6.45, 7) is 5.14. The van der Waals surface area contributed by atoms with Gasteiger partial charge in [-0.3, -0.25) is 10.0 Å². The van der Waals surface area contributed by atoms with Gasteiger partial charge in [-0.05, 0) is 38.5 Å². The minimum atomic E-state index is -0.916. The highest BCUT2D eigenvalue weighted by Gasteiger charge is 2.34. The van der Waals surface area contributed by atoms with Gasteiger partial charge in [0, 0.05) is 6.42 Å². The van der Waals surface area contributed by atoms with Crippen LogP contribution in [-0.4, -0.2) is 28.9 Å². The molecule has 0 saturated heterocycles. The van der Waals surface area contributed by atoms with Crippen molar-refractivity contribution in [2.24, 2.45) is 0 Å². The Hall–Kier alpha value is -2.59. The average Bonchev–Trinajstić information content (AvgIpc) is 2.42. The molecule has 1 aliphatic rings. The number of carbonyl (C=O) groups excluding carboxylic acids is 2. The van der Waals surface area contributed by atoms with Gasteiger partial charge in [0.05, 0.1) is 17.3 Å². The van der Waals surface area contributed by atoms with E-state index in [1.807, 2.05) is 6.07 Å². The summed E-state index contributed by atoms with van der Waals surface area (Å²) in [5.41, 5.74) is 0.568. The van der Waals surface area contributed by atoms with E-state index in [-0.39, 0.29) is 12.1 Å². The number of anilines is 1. The van der Waals surface area contributed by atoms with E-state index in [2.05, 4.69) is 5.32 Å². The predicted octanol–water partition coefficient (Wildman–Crippen LogP) is 1.73. The van der Waals surface area contributed by atoms with E-state index in [9.17, 15) is 14.8 Å². The maximum absolute atomic E-state index is 12.1. The molecule has 2 rings (SSSR count). The number of nitrogens with one attached hydrogen (secondary N) is 1. The number of ether oxygens (including phenoxy) is 1. The summed E-state index contributed by atoms with van der Waals surface area (Å²) < 4.78 is 5.10. The van der Waals surface area contributed by atoms with Crippen LogP contribution in [0.4, 0.5) is 10.5 Å². The number of nitriles is 1. The maximum Gasteiger partial charge on any atom is 0.408 e. The number of alkyl carbamates (subject to hydrolysis) is 1. The minimum Gasteiger partial charge on any atom is -0.444 e. The first kappa shape index (κ1) is 15.8. The van der Waals surface area contributed by atoms with Gasteiger partial charge < -0.3 is 10.1 Å². The van der Waals surface area contributed by atoms with Crippen LogP contribution in [0.5, 0.6) is 0 Å². The summed E-state index contributed by atoms with van der Waals surface area (Å²) >= 11 is 0. The van der Waals surface area contributed by atoms with E-state index in [1.54, 1.807) is 32.9 Å². The molecule has 0 saturated carbocycles. The SMILES string of the molecule is CC(C)(C)OC(=O)N[C@H]1Cc2ccc(C#N)cc2N(O)C1=O. The van der Waals surface area contributed by atoms with Gasteiger partial charge in [0.2, 0.25) is 0 Å². The molecule has 1 heterocycles. The van der Waals surface area contributed by atoms with Gasteiger partial charge in [0.25, 0.3) is 5.91 Å². The smallest absolute Gasteiger partial charge is 0.408 e. The lowest BCUT2D eigenvalue weighted by Crippen LogP contribution is -2.52. The average molecular weight is 303 g/mol. The summed E-state index contributed by atoms with van der Waals surface area (Å²) in [6.07, 6.45) is -0.507. The Balaban J connectivity index is 2.18. The van der Waals surface area contributed by atoms with Crippen molar-refractivity contribution >= 4 is 17.7 Å². The van der Waals surface area contributed by atoms with E-state index >= 15 is 0 Å². The summed E-state index contributed by atoms with van der Waals surface area (Å²) in [4.78, 5) is 23.9. The van der Waals surface area contributed by atoms with Crippen LogP contribution in [0.15, 0.2) is 18.2 Å². The number of hydrogen-bond donors (Lipinski definition) is 2. The van der Waals surface area contributed by atoms with E-state index in [0.29, 0.717) is 16.2 Å². The Morgan fingerprint density at radius 1 is 1.50 bits per heavy atom. The minimum absolute atomic E-state index is 0.218.